The molecule has 54 heavy (non-hydrogen) atoms. The molecule has 1 aromatic carbocycles. The van der Waals surface area contributed by atoms with Gasteiger partial charge in [0.25, 0.3) is 5.91 Å². The summed E-state index contributed by atoms with van der Waals surface area (Å²) in [6.07, 6.45) is 5.22. The minimum Gasteiger partial charge on any atom is -0.461 e. The maximum Gasteiger partial charge on any atom is 0.309 e. The zero-order valence-electron chi connectivity index (χ0n) is 33.3. The van der Waals surface area contributed by atoms with Crippen LogP contribution in [0.25, 0.3) is 0 Å². The molecule has 0 spiro atoms. The second-order valence-corrected chi connectivity index (χ2v) is 15.8. The molecule has 13 heteroatoms. The number of carbonyl (C=O) groups is 5. The van der Waals surface area contributed by atoms with E-state index in [-0.39, 0.29) is 60.4 Å². The molecular formula is C41H61N5O7S. The van der Waals surface area contributed by atoms with Gasteiger partial charge in [0, 0.05) is 37.9 Å². The fraction of sp³-hybridized carbons (Fsp3) is 0.610. The summed E-state index contributed by atoms with van der Waals surface area (Å²) < 4.78 is 11.0. The van der Waals surface area contributed by atoms with E-state index in [4.69, 9.17) is 9.47 Å². The molecule has 1 fully saturated rings. The van der Waals surface area contributed by atoms with E-state index in [1.807, 2.05) is 65.1 Å². The van der Waals surface area contributed by atoms with Gasteiger partial charge in [-0.3, -0.25) is 28.9 Å². The first-order chi connectivity index (χ1) is 25.7. The van der Waals surface area contributed by atoms with E-state index < -0.39 is 36.0 Å². The van der Waals surface area contributed by atoms with Crippen molar-refractivity contribution in [3.05, 3.63) is 64.6 Å². The van der Waals surface area contributed by atoms with Crippen molar-refractivity contribution in [2.75, 3.05) is 27.2 Å². The van der Waals surface area contributed by atoms with E-state index in [0.29, 0.717) is 24.3 Å². The summed E-state index contributed by atoms with van der Waals surface area (Å²) in [5.74, 6) is -2.28. The van der Waals surface area contributed by atoms with Crippen LogP contribution in [0.5, 0.6) is 0 Å². The Morgan fingerprint density at radius 1 is 1.07 bits per heavy atom. The first kappa shape index (κ1) is 44.3. The third-order valence-electron chi connectivity index (χ3n) is 10.3. The number of hydrogen-bond acceptors (Lipinski definition) is 10. The second kappa shape index (κ2) is 21.7. The predicted molar refractivity (Wildman–Crippen MR) is 211 cm³/mol. The summed E-state index contributed by atoms with van der Waals surface area (Å²) in [6.45, 7) is 15.6. The van der Waals surface area contributed by atoms with Crippen LogP contribution in [0.3, 0.4) is 0 Å². The zero-order chi connectivity index (χ0) is 39.9. The van der Waals surface area contributed by atoms with Gasteiger partial charge in [0.1, 0.15) is 23.4 Å². The van der Waals surface area contributed by atoms with Gasteiger partial charge in [-0.2, -0.15) is 0 Å². The highest BCUT2D eigenvalue weighted by atomic mass is 32.1. The molecule has 2 N–H and O–H groups in total. The number of likely N-dealkylation sites (tertiary alicyclic amines) is 1. The van der Waals surface area contributed by atoms with Crippen LogP contribution in [0.1, 0.15) is 107 Å². The number of benzene rings is 1. The Kier molecular flexibility index (Phi) is 17.8. The first-order valence-electron chi connectivity index (χ1n) is 19.2. The van der Waals surface area contributed by atoms with Crippen molar-refractivity contribution in [2.45, 2.75) is 117 Å². The van der Waals surface area contributed by atoms with Gasteiger partial charge in [-0.25, -0.2) is 4.98 Å². The minimum absolute atomic E-state index is 0.0450. The number of carbonyl (C=O) groups excluding carboxylic acids is 5. The fourth-order valence-electron chi connectivity index (χ4n) is 6.92. The van der Waals surface area contributed by atoms with Crippen molar-refractivity contribution in [2.24, 2.45) is 17.8 Å². The van der Waals surface area contributed by atoms with Gasteiger partial charge < -0.3 is 25.0 Å². The molecule has 1 saturated heterocycles. The molecule has 0 radical (unpaired) electrons. The quantitative estimate of drug-likeness (QED) is 0.127. The molecule has 3 amide bonds. The van der Waals surface area contributed by atoms with Gasteiger partial charge in [0.05, 0.1) is 12.0 Å². The number of ether oxygens (including phenoxy) is 2. The summed E-state index contributed by atoms with van der Waals surface area (Å²) in [7, 11) is 3.68. The summed E-state index contributed by atoms with van der Waals surface area (Å²) in [5.41, 5.74) is 1.16. The van der Waals surface area contributed by atoms with E-state index in [1.54, 1.807) is 24.3 Å². The van der Waals surface area contributed by atoms with Crippen molar-refractivity contribution in [1.82, 2.24) is 25.4 Å². The van der Waals surface area contributed by atoms with Crippen LogP contribution in [0.4, 0.5) is 0 Å². The molecule has 2 aromatic rings. The van der Waals surface area contributed by atoms with E-state index in [0.717, 1.165) is 31.4 Å². The second-order valence-electron chi connectivity index (χ2n) is 14.9. The lowest BCUT2D eigenvalue weighted by Gasteiger charge is -2.38. The fourth-order valence-corrected chi connectivity index (χ4v) is 7.75. The van der Waals surface area contributed by atoms with Gasteiger partial charge in [0.2, 0.25) is 11.8 Å². The van der Waals surface area contributed by atoms with Gasteiger partial charge in [-0.1, -0.05) is 90.4 Å². The number of hydrogen-bond donors (Lipinski definition) is 2. The Labute approximate surface area is 325 Å². The lowest BCUT2D eigenvalue weighted by Crippen LogP contribution is -2.58. The van der Waals surface area contributed by atoms with Gasteiger partial charge >= 0.3 is 11.9 Å². The van der Waals surface area contributed by atoms with Crippen LogP contribution in [0.2, 0.25) is 0 Å². The number of nitrogens with zero attached hydrogens (tertiary/aromatic N) is 3. The summed E-state index contributed by atoms with van der Waals surface area (Å²) >= 11 is 1.20. The third-order valence-corrected chi connectivity index (χ3v) is 11.2. The van der Waals surface area contributed by atoms with Crippen molar-refractivity contribution >= 4 is 41.0 Å². The smallest absolute Gasteiger partial charge is 0.309 e. The molecule has 0 aliphatic carbocycles. The van der Waals surface area contributed by atoms with E-state index in [1.165, 1.54) is 24.3 Å². The molecule has 0 bridgehead atoms. The monoisotopic (exact) mass is 767 g/mol. The number of likely N-dealkylation sites (N-methyl/N-ethyl adjacent to an activating group) is 2. The normalized spacial score (nSPS) is 18.0. The van der Waals surface area contributed by atoms with Crippen LogP contribution in [0.15, 0.2) is 48.4 Å². The topological polar surface area (TPSA) is 147 Å². The Morgan fingerprint density at radius 3 is 2.39 bits per heavy atom. The van der Waals surface area contributed by atoms with Crippen LogP contribution >= 0.6 is 11.3 Å². The van der Waals surface area contributed by atoms with Crippen molar-refractivity contribution in [1.29, 1.82) is 0 Å². The maximum atomic E-state index is 14.2. The Bertz CT molecular complexity index is 1550. The Balaban J connectivity index is 1.81. The molecule has 298 valence electrons. The van der Waals surface area contributed by atoms with Crippen molar-refractivity contribution in [3.8, 4) is 0 Å². The molecule has 12 nitrogen and oxygen atoms in total. The maximum absolute atomic E-state index is 14.2. The lowest BCUT2D eigenvalue weighted by atomic mass is 9.92. The van der Waals surface area contributed by atoms with E-state index >= 15 is 0 Å². The number of amides is 3. The molecule has 7 atom stereocenters. The minimum atomic E-state index is -0.830. The summed E-state index contributed by atoms with van der Waals surface area (Å²) in [5, 5.41) is 8.20. The molecule has 3 rings (SSSR count). The highest BCUT2D eigenvalue weighted by molar-refractivity contribution is 7.09. The number of rotatable bonds is 20. The molecule has 1 aromatic heterocycles. The average molecular weight is 768 g/mol. The highest BCUT2D eigenvalue weighted by Crippen LogP contribution is 2.31. The summed E-state index contributed by atoms with van der Waals surface area (Å²) in [4.78, 5) is 74.6. The molecule has 0 unspecified atom stereocenters. The average Bonchev–Trinajstić information content (AvgIpc) is 3.64. The predicted octanol–water partition coefficient (Wildman–Crippen LogP) is 5.73. The molecule has 1 aliphatic heterocycles. The van der Waals surface area contributed by atoms with Crippen molar-refractivity contribution < 1.29 is 33.4 Å². The Morgan fingerprint density at radius 2 is 1.78 bits per heavy atom. The number of thiazole rings is 1. The summed E-state index contributed by atoms with van der Waals surface area (Å²) in [6, 6.07) is 7.90. The Hall–Kier alpha value is -4.10. The largest absolute Gasteiger partial charge is 0.461 e. The van der Waals surface area contributed by atoms with Crippen LogP contribution < -0.4 is 10.6 Å². The van der Waals surface area contributed by atoms with Crippen LogP contribution in [-0.4, -0.2) is 95.9 Å². The lowest BCUT2D eigenvalue weighted by molar-refractivity contribution is -0.149. The van der Waals surface area contributed by atoms with Gasteiger partial charge in [-0.15, -0.1) is 11.3 Å². The van der Waals surface area contributed by atoms with Crippen LogP contribution in [0, 0.1) is 17.8 Å². The first-order valence-corrected chi connectivity index (χ1v) is 20.1. The standard InChI is InChI=1S/C41H61N5O7S/c1-10-21-52-41(51)28(6)22-31(23-30-17-13-12-14-18-30)42-37(48)32-25-54-39(43-32)35(53-29(7)47)24-34(26(3)4)46(9)40(50)36(27(5)11-2)44-38(49)33-19-15-16-20-45(33)8/h10,12-14,17-18,25-28,31,33-36H,1,11,15-16,19-24H2,2-9H3,(H,42,48)(H,44,49)/t27-,28-,31+,33+,34+,35+,36-/m0/s1. The molecular weight excluding hydrogens is 707 g/mol. The number of piperidine rings is 1. The molecule has 2 heterocycles. The van der Waals surface area contributed by atoms with Gasteiger partial charge in [-0.05, 0) is 56.7 Å². The molecule has 0 saturated carbocycles. The molecule has 1 aliphatic rings. The highest BCUT2D eigenvalue weighted by Gasteiger charge is 2.37. The number of esters is 2. The number of aromatic nitrogens is 1. The van der Waals surface area contributed by atoms with Crippen LogP contribution in [-0.2, 0) is 35.1 Å². The third kappa shape index (κ3) is 13.0. The van der Waals surface area contributed by atoms with Crippen molar-refractivity contribution in [3.63, 3.8) is 0 Å². The zero-order valence-corrected chi connectivity index (χ0v) is 34.2. The number of nitrogens with one attached hydrogen (secondary N) is 2. The van der Waals surface area contributed by atoms with E-state index in [2.05, 4.69) is 27.1 Å². The van der Waals surface area contributed by atoms with Gasteiger partial charge in [0.15, 0.2) is 6.10 Å². The van der Waals surface area contributed by atoms with E-state index in [9.17, 15) is 24.0 Å². The SMILES string of the molecule is C=CCOC(=O)[C@@H](C)C[C@H](Cc1ccccc1)NC(=O)c1csc([C@@H](C[C@H](C(C)C)N(C)C(=O)[C@@H](NC(=O)[C@H]2CCCCN2C)[C@@H](C)CC)OC(C)=O)n1.